The molecular formula is C19H22N4OS2. The van der Waals surface area contributed by atoms with Crippen LogP contribution in [0.4, 0.5) is 5.69 Å². The van der Waals surface area contributed by atoms with Crippen LogP contribution in [0.15, 0.2) is 46.9 Å². The molecule has 0 bridgehead atoms. The van der Waals surface area contributed by atoms with E-state index in [0.29, 0.717) is 0 Å². The van der Waals surface area contributed by atoms with E-state index in [4.69, 9.17) is 0 Å². The molecule has 26 heavy (non-hydrogen) atoms. The Balaban J connectivity index is 1.69. The summed E-state index contributed by atoms with van der Waals surface area (Å²) in [6, 6.07) is 12.0. The van der Waals surface area contributed by atoms with E-state index in [9.17, 15) is 4.79 Å². The number of rotatable bonds is 7. The van der Waals surface area contributed by atoms with E-state index >= 15 is 0 Å². The highest BCUT2D eigenvalue weighted by Crippen LogP contribution is 2.29. The van der Waals surface area contributed by atoms with Crippen molar-refractivity contribution in [1.29, 1.82) is 0 Å². The third-order valence-electron chi connectivity index (χ3n) is 4.06. The molecule has 1 N–H and O–H groups in total. The smallest absolute Gasteiger partial charge is 0.237 e. The van der Waals surface area contributed by atoms with Gasteiger partial charge in [0, 0.05) is 12.2 Å². The number of amides is 1. The maximum atomic E-state index is 12.5. The molecular weight excluding hydrogens is 364 g/mol. The predicted molar refractivity (Wildman–Crippen MR) is 109 cm³/mol. The van der Waals surface area contributed by atoms with Crippen LogP contribution >= 0.6 is 23.1 Å². The number of nitrogens with zero attached hydrogens (tertiary/aromatic N) is 3. The highest BCUT2D eigenvalue weighted by Gasteiger charge is 2.20. The fourth-order valence-corrected chi connectivity index (χ4v) is 4.16. The third-order valence-corrected chi connectivity index (χ3v) is 6.00. The quantitative estimate of drug-likeness (QED) is 0.598. The maximum absolute atomic E-state index is 12.5. The Morgan fingerprint density at radius 2 is 2.00 bits per heavy atom. The van der Waals surface area contributed by atoms with Crippen LogP contribution in [0.1, 0.15) is 26.3 Å². The summed E-state index contributed by atoms with van der Waals surface area (Å²) in [4.78, 5) is 13.6. The van der Waals surface area contributed by atoms with Crippen LogP contribution in [0.2, 0.25) is 0 Å². The summed E-state index contributed by atoms with van der Waals surface area (Å²) in [7, 11) is 0. The van der Waals surface area contributed by atoms with Gasteiger partial charge in [-0.15, -0.1) is 21.5 Å². The van der Waals surface area contributed by atoms with Gasteiger partial charge in [0.2, 0.25) is 5.91 Å². The molecule has 1 unspecified atom stereocenters. The number of carbonyl (C=O) groups is 1. The van der Waals surface area contributed by atoms with Crippen LogP contribution in [-0.2, 0) is 17.8 Å². The van der Waals surface area contributed by atoms with Crippen molar-refractivity contribution in [2.24, 2.45) is 0 Å². The van der Waals surface area contributed by atoms with E-state index in [1.54, 1.807) is 11.3 Å². The van der Waals surface area contributed by atoms with E-state index in [1.165, 1.54) is 17.3 Å². The van der Waals surface area contributed by atoms with Crippen molar-refractivity contribution in [3.8, 4) is 10.7 Å². The number of thioether (sulfide) groups is 1. The predicted octanol–water partition coefficient (Wildman–Crippen LogP) is 4.71. The molecule has 3 rings (SSSR count). The first kappa shape index (κ1) is 18.7. The topological polar surface area (TPSA) is 59.8 Å². The lowest BCUT2D eigenvalue weighted by Gasteiger charge is -2.13. The third kappa shape index (κ3) is 4.16. The summed E-state index contributed by atoms with van der Waals surface area (Å²) < 4.78 is 2.05. The van der Waals surface area contributed by atoms with Crippen molar-refractivity contribution >= 4 is 34.7 Å². The summed E-state index contributed by atoms with van der Waals surface area (Å²) in [6.07, 6.45) is 0.986. The van der Waals surface area contributed by atoms with Gasteiger partial charge in [-0.25, -0.2) is 0 Å². The molecule has 0 aliphatic heterocycles. The van der Waals surface area contributed by atoms with Crippen LogP contribution < -0.4 is 5.32 Å². The molecule has 1 aromatic carbocycles. The number of aromatic nitrogens is 3. The molecule has 2 heterocycles. The normalized spacial score (nSPS) is 12.1. The number of thiophene rings is 1. The fraction of sp³-hybridized carbons (Fsp3) is 0.316. The molecule has 0 aliphatic carbocycles. The summed E-state index contributed by atoms with van der Waals surface area (Å²) in [5.41, 5.74) is 2.07. The van der Waals surface area contributed by atoms with Crippen molar-refractivity contribution in [2.45, 2.75) is 44.1 Å². The van der Waals surface area contributed by atoms with Crippen molar-refractivity contribution < 1.29 is 4.79 Å². The van der Waals surface area contributed by atoms with Gasteiger partial charge < -0.3 is 9.88 Å². The lowest BCUT2D eigenvalue weighted by atomic mass is 10.1. The van der Waals surface area contributed by atoms with Gasteiger partial charge in [0.15, 0.2) is 11.0 Å². The molecule has 7 heteroatoms. The van der Waals surface area contributed by atoms with E-state index in [-0.39, 0.29) is 11.2 Å². The first-order valence-electron chi connectivity index (χ1n) is 8.65. The Kier molecular flexibility index (Phi) is 6.11. The Bertz CT molecular complexity index is 856. The molecule has 136 valence electrons. The maximum Gasteiger partial charge on any atom is 0.237 e. The molecule has 0 saturated carbocycles. The van der Waals surface area contributed by atoms with Gasteiger partial charge in [0.1, 0.15) is 0 Å². The standard InChI is InChI=1S/C19H22N4OS2/c1-4-14-8-10-15(11-9-14)20-18(24)13(3)26-19-22-21-17(23(19)5-2)16-7-6-12-25-16/h6-13H,4-5H2,1-3H3,(H,20,24). The van der Waals surface area contributed by atoms with Crippen molar-refractivity contribution in [3.05, 3.63) is 47.3 Å². The van der Waals surface area contributed by atoms with Crippen LogP contribution in [0, 0.1) is 0 Å². The number of nitrogens with one attached hydrogen (secondary N) is 1. The molecule has 0 fully saturated rings. The first-order valence-corrected chi connectivity index (χ1v) is 10.4. The molecule has 3 aromatic rings. The molecule has 2 aromatic heterocycles. The van der Waals surface area contributed by atoms with Gasteiger partial charge in [-0.1, -0.05) is 36.9 Å². The van der Waals surface area contributed by atoms with Crippen LogP contribution in [0.25, 0.3) is 10.7 Å². The lowest BCUT2D eigenvalue weighted by Crippen LogP contribution is -2.23. The summed E-state index contributed by atoms with van der Waals surface area (Å²) >= 11 is 3.07. The lowest BCUT2D eigenvalue weighted by molar-refractivity contribution is -0.115. The van der Waals surface area contributed by atoms with Gasteiger partial charge in [0.05, 0.1) is 10.1 Å². The van der Waals surface area contributed by atoms with Crippen LogP contribution in [0.5, 0.6) is 0 Å². The average molecular weight is 387 g/mol. The second-order valence-electron chi connectivity index (χ2n) is 5.83. The minimum absolute atomic E-state index is 0.0393. The molecule has 1 amide bonds. The molecule has 1 atom stereocenters. The van der Waals surface area contributed by atoms with Crippen LogP contribution in [-0.4, -0.2) is 25.9 Å². The number of carbonyl (C=O) groups excluding carboxylic acids is 1. The van der Waals surface area contributed by atoms with Gasteiger partial charge in [-0.05, 0) is 49.4 Å². The fourth-order valence-electron chi connectivity index (χ4n) is 2.53. The van der Waals surface area contributed by atoms with Crippen molar-refractivity contribution in [2.75, 3.05) is 5.32 Å². The minimum atomic E-state index is -0.272. The van der Waals surface area contributed by atoms with Gasteiger partial charge in [-0.3, -0.25) is 4.79 Å². The zero-order chi connectivity index (χ0) is 18.5. The second-order valence-corrected chi connectivity index (χ2v) is 8.08. The molecule has 0 spiro atoms. The van der Waals surface area contributed by atoms with E-state index in [1.807, 2.05) is 48.7 Å². The molecule has 5 nitrogen and oxygen atoms in total. The van der Waals surface area contributed by atoms with E-state index in [2.05, 4.69) is 33.9 Å². The summed E-state index contributed by atoms with van der Waals surface area (Å²) in [5, 5.41) is 14.1. The summed E-state index contributed by atoms with van der Waals surface area (Å²) in [5.74, 6) is 0.815. The van der Waals surface area contributed by atoms with E-state index < -0.39 is 0 Å². The SMILES string of the molecule is CCc1ccc(NC(=O)C(C)Sc2nnc(-c3cccs3)n2CC)cc1. The van der Waals surface area contributed by atoms with Crippen LogP contribution in [0.3, 0.4) is 0 Å². The first-order chi connectivity index (χ1) is 12.6. The zero-order valence-corrected chi connectivity index (χ0v) is 16.7. The molecule has 0 aliphatic rings. The Hall–Kier alpha value is -2.12. The Labute approximate surface area is 161 Å². The average Bonchev–Trinajstić information content (AvgIpc) is 3.31. The zero-order valence-electron chi connectivity index (χ0n) is 15.1. The largest absolute Gasteiger partial charge is 0.325 e. The molecule has 0 saturated heterocycles. The second kappa shape index (κ2) is 8.51. The monoisotopic (exact) mass is 386 g/mol. The number of aryl methyl sites for hydroxylation is 1. The molecule has 0 radical (unpaired) electrons. The minimum Gasteiger partial charge on any atom is -0.325 e. The number of anilines is 1. The highest BCUT2D eigenvalue weighted by atomic mass is 32.2. The van der Waals surface area contributed by atoms with Crippen molar-refractivity contribution in [3.63, 3.8) is 0 Å². The van der Waals surface area contributed by atoms with Gasteiger partial charge >= 0.3 is 0 Å². The van der Waals surface area contributed by atoms with E-state index in [0.717, 1.165) is 34.5 Å². The number of hydrogen-bond acceptors (Lipinski definition) is 5. The van der Waals surface area contributed by atoms with Gasteiger partial charge in [0.25, 0.3) is 0 Å². The Morgan fingerprint density at radius 3 is 2.62 bits per heavy atom. The number of hydrogen-bond donors (Lipinski definition) is 1. The van der Waals surface area contributed by atoms with Gasteiger partial charge in [-0.2, -0.15) is 0 Å². The Morgan fingerprint density at radius 1 is 1.23 bits per heavy atom. The highest BCUT2D eigenvalue weighted by molar-refractivity contribution is 8.00. The summed E-state index contributed by atoms with van der Waals surface area (Å²) in [6.45, 7) is 6.82. The number of benzene rings is 1. The van der Waals surface area contributed by atoms with Crippen molar-refractivity contribution in [1.82, 2.24) is 14.8 Å².